The predicted molar refractivity (Wildman–Crippen MR) is 71.2 cm³/mol. The average Bonchev–Trinajstić information content (AvgIpc) is 2.35. The molecular formula is C14H26N2O2. The van der Waals surface area contributed by atoms with Crippen molar-refractivity contribution in [1.82, 2.24) is 10.2 Å². The summed E-state index contributed by atoms with van der Waals surface area (Å²) in [5.74, 6) is 0.614. The third-order valence-corrected chi connectivity index (χ3v) is 4.78. The van der Waals surface area contributed by atoms with Crippen molar-refractivity contribution < 1.29 is 9.90 Å². The summed E-state index contributed by atoms with van der Waals surface area (Å²) in [7, 11) is 0. The van der Waals surface area contributed by atoms with Gasteiger partial charge in [0, 0.05) is 5.41 Å². The van der Waals surface area contributed by atoms with Gasteiger partial charge in [-0.15, -0.1) is 0 Å². The summed E-state index contributed by atoms with van der Waals surface area (Å²) < 4.78 is 0. The molecular weight excluding hydrogens is 228 g/mol. The Hall–Kier alpha value is -0.610. The van der Waals surface area contributed by atoms with E-state index in [2.05, 4.69) is 19.2 Å². The Balaban J connectivity index is 1.95. The van der Waals surface area contributed by atoms with E-state index >= 15 is 0 Å². The van der Waals surface area contributed by atoms with Crippen molar-refractivity contribution >= 4 is 5.91 Å². The summed E-state index contributed by atoms with van der Waals surface area (Å²) in [5.41, 5.74) is -0.945. The zero-order chi connectivity index (χ0) is 13.4. The summed E-state index contributed by atoms with van der Waals surface area (Å²) in [6, 6.07) is 0. The summed E-state index contributed by atoms with van der Waals surface area (Å²) in [6.07, 6.45) is 3.00. The largest absolute Gasteiger partial charge is 0.386 e. The van der Waals surface area contributed by atoms with Crippen LogP contribution in [0.15, 0.2) is 0 Å². The van der Waals surface area contributed by atoms with Gasteiger partial charge in [0.2, 0.25) is 5.91 Å². The molecule has 2 aliphatic heterocycles. The van der Waals surface area contributed by atoms with Crippen molar-refractivity contribution in [2.45, 2.75) is 45.6 Å². The van der Waals surface area contributed by atoms with Gasteiger partial charge in [0.15, 0.2) is 0 Å². The maximum absolute atomic E-state index is 12.5. The number of piperidine rings is 1. The monoisotopic (exact) mass is 254 g/mol. The lowest BCUT2D eigenvalue weighted by molar-refractivity contribution is -0.167. The second-order valence-corrected chi connectivity index (χ2v) is 6.50. The number of rotatable bonds is 3. The van der Waals surface area contributed by atoms with Crippen LogP contribution in [0.1, 0.15) is 40.0 Å². The minimum absolute atomic E-state index is 0.203. The maximum Gasteiger partial charge on any atom is 0.228 e. The summed E-state index contributed by atoms with van der Waals surface area (Å²) >= 11 is 0. The number of carbonyl (C=O) groups excluding carboxylic acids is 1. The lowest BCUT2D eigenvalue weighted by atomic mass is 9.73. The molecule has 18 heavy (non-hydrogen) atoms. The molecule has 2 rings (SSSR count). The highest BCUT2D eigenvalue weighted by atomic mass is 16.3. The summed E-state index contributed by atoms with van der Waals surface area (Å²) in [5, 5.41) is 13.4. The van der Waals surface area contributed by atoms with Gasteiger partial charge in [-0.3, -0.25) is 4.79 Å². The molecule has 1 amide bonds. The van der Waals surface area contributed by atoms with E-state index in [-0.39, 0.29) is 11.3 Å². The number of β-amino-alcohol motifs (C(OH)–C–C–N with tert-alkyl or cyclic N) is 1. The Kier molecular flexibility index (Phi) is 3.70. The third-order valence-electron chi connectivity index (χ3n) is 4.78. The van der Waals surface area contributed by atoms with Crippen molar-refractivity contribution in [2.75, 3.05) is 26.2 Å². The molecule has 2 fully saturated rings. The SMILES string of the molecule is CCC1(O)CN(C(=O)C(C)(C)C2CCCNC2)C1. The van der Waals surface area contributed by atoms with E-state index in [9.17, 15) is 9.90 Å². The zero-order valence-electron chi connectivity index (χ0n) is 11.8. The highest BCUT2D eigenvalue weighted by Gasteiger charge is 2.48. The lowest BCUT2D eigenvalue weighted by Gasteiger charge is -2.50. The van der Waals surface area contributed by atoms with Crippen LogP contribution >= 0.6 is 0 Å². The number of hydrogen-bond acceptors (Lipinski definition) is 3. The molecule has 1 atom stereocenters. The van der Waals surface area contributed by atoms with Gasteiger partial charge in [-0.05, 0) is 38.3 Å². The zero-order valence-corrected chi connectivity index (χ0v) is 11.8. The molecule has 0 spiro atoms. The molecule has 2 saturated heterocycles. The molecule has 0 aromatic carbocycles. The first-order valence-corrected chi connectivity index (χ1v) is 7.11. The fourth-order valence-electron chi connectivity index (χ4n) is 3.08. The minimum atomic E-state index is -0.628. The van der Waals surface area contributed by atoms with E-state index in [4.69, 9.17) is 0 Å². The number of amides is 1. The van der Waals surface area contributed by atoms with Gasteiger partial charge >= 0.3 is 0 Å². The van der Waals surface area contributed by atoms with Gasteiger partial charge in [0.05, 0.1) is 18.7 Å². The Labute approximate surface area is 110 Å². The standard InChI is InChI=1S/C14H26N2O2/c1-4-14(18)9-16(10-14)12(17)13(2,3)11-6-5-7-15-8-11/h11,15,18H,4-10H2,1-3H3. The van der Waals surface area contributed by atoms with Crippen LogP contribution < -0.4 is 5.32 Å². The molecule has 104 valence electrons. The third kappa shape index (κ3) is 2.41. The molecule has 0 saturated carbocycles. The molecule has 1 unspecified atom stereocenters. The summed E-state index contributed by atoms with van der Waals surface area (Å²) in [4.78, 5) is 14.4. The van der Waals surface area contributed by atoms with Crippen molar-refractivity contribution in [2.24, 2.45) is 11.3 Å². The Morgan fingerprint density at radius 3 is 2.67 bits per heavy atom. The van der Waals surface area contributed by atoms with E-state index in [1.165, 1.54) is 0 Å². The minimum Gasteiger partial charge on any atom is -0.386 e. The van der Waals surface area contributed by atoms with Crippen molar-refractivity contribution in [3.8, 4) is 0 Å². The number of nitrogens with one attached hydrogen (secondary N) is 1. The molecule has 4 nitrogen and oxygen atoms in total. The second kappa shape index (κ2) is 4.82. The average molecular weight is 254 g/mol. The molecule has 0 aromatic heterocycles. The quantitative estimate of drug-likeness (QED) is 0.790. The Morgan fingerprint density at radius 2 is 2.17 bits per heavy atom. The van der Waals surface area contributed by atoms with Crippen LogP contribution in [0.3, 0.4) is 0 Å². The van der Waals surface area contributed by atoms with Gasteiger partial charge in [-0.25, -0.2) is 0 Å². The molecule has 4 heteroatoms. The lowest BCUT2D eigenvalue weighted by Crippen LogP contribution is -2.66. The first kappa shape index (κ1) is 13.8. The van der Waals surface area contributed by atoms with Crippen LogP contribution in [-0.2, 0) is 4.79 Å². The first-order chi connectivity index (χ1) is 8.39. The molecule has 2 heterocycles. The molecule has 2 aliphatic rings. The normalized spacial score (nSPS) is 27.8. The van der Waals surface area contributed by atoms with Crippen molar-refractivity contribution in [1.29, 1.82) is 0 Å². The van der Waals surface area contributed by atoms with Crippen LogP contribution in [0.5, 0.6) is 0 Å². The molecule has 0 aromatic rings. The number of hydrogen-bond donors (Lipinski definition) is 2. The smallest absolute Gasteiger partial charge is 0.228 e. The van der Waals surface area contributed by atoms with Gasteiger partial charge in [0.25, 0.3) is 0 Å². The van der Waals surface area contributed by atoms with Crippen LogP contribution in [0, 0.1) is 11.3 Å². The van der Waals surface area contributed by atoms with Crippen molar-refractivity contribution in [3.05, 3.63) is 0 Å². The van der Waals surface area contributed by atoms with E-state index in [1.54, 1.807) is 0 Å². The second-order valence-electron chi connectivity index (χ2n) is 6.50. The van der Waals surface area contributed by atoms with Crippen LogP contribution in [0.4, 0.5) is 0 Å². The number of nitrogens with zero attached hydrogens (tertiary/aromatic N) is 1. The number of likely N-dealkylation sites (tertiary alicyclic amines) is 1. The Morgan fingerprint density at radius 1 is 1.50 bits per heavy atom. The first-order valence-electron chi connectivity index (χ1n) is 7.11. The highest BCUT2D eigenvalue weighted by molar-refractivity contribution is 5.83. The van der Waals surface area contributed by atoms with Crippen LogP contribution in [-0.4, -0.2) is 47.7 Å². The molecule has 0 bridgehead atoms. The topological polar surface area (TPSA) is 52.6 Å². The molecule has 2 N–H and O–H groups in total. The van der Waals surface area contributed by atoms with Gasteiger partial charge < -0.3 is 15.3 Å². The van der Waals surface area contributed by atoms with E-state index in [0.717, 1.165) is 32.4 Å². The van der Waals surface area contributed by atoms with Crippen molar-refractivity contribution in [3.63, 3.8) is 0 Å². The van der Waals surface area contributed by atoms with E-state index < -0.39 is 5.60 Å². The van der Waals surface area contributed by atoms with Crippen LogP contribution in [0.2, 0.25) is 0 Å². The van der Waals surface area contributed by atoms with Gasteiger partial charge in [0.1, 0.15) is 0 Å². The maximum atomic E-state index is 12.5. The Bertz CT molecular complexity index is 316. The van der Waals surface area contributed by atoms with Gasteiger partial charge in [-0.2, -0.15) is 0 Å². The van der Waals surface area contributed by atoms with E-state index in [1.807, 2.05) is 11.8 Å². The fraction of sp³-hybridized carbons (Fsp3) is 0.929. The molecule has 0 radical (unpaired) electrons. The van der Waals surface area contributed by atoms with Crippen LogP contribution in [0.25, 0.3) is 0 Å². The van der Waals surface area contributed by atoms with Gasteiger partial charge in [-0.1, -0.05) is 20.8 Å². The highest BCUT2D eigenvalue weighted by Crippen LogP contribution is 2.36. The number of aliphatic hydroxyl groups is 1. The predicted octanol–water partition coefficient (Wildman–Crippen LogP) is 0.995. The fourth-order valence-corrected chi connectivity index (χ4v) is 3.08. The number of carbonyl (C=O) groups is 1. The summed E-state index contributed by atoms with van der Waals surface area (Å²) in [6.45, 7) is 9.09. The van der Waals surface area contributed by atoms with E-state index in [0.29, 0.717) is 19.0 Å². The molecule has 0 aliphatic carbocycles.